The molecule has 1 saturated heterocycles. The van der Waals surface area contributed by atoms with Crippen molar-refractivity contribution in [3.63, 3.8) is 0 Å². The summed E-state index contributed by atoms with van der Waals surface area (Å²) < 4.78 is 0.303. The van der Waals surface area contributed by atoms with Crippen molar-refractivity contribution in [1.82, 2.24) is 4.90 Å². The van der Waals surface area contributed by atoms with Crippen molar-refractivity contribution in [2.75, 3.05) is 12.0 Å². The lowest BCUT2D eigenvalue weighted by molar-refractivity contribution is -0.145. The van der Waals surface area contributed by atoms with Crippen LogP contribution in [0.3, 0.4) is 0 Å². The molecule has 4 nitrogen and oxygen atoms in total. The number of carbonyl (C=O) groups excluding carboxylic acids is 1. The molecule has 0 radical (unpaired) electrons. The van der Waals surface area contributed by atoms with Crippen LogP contribution in [0.15, 0.2) is 46.9 Å². The summed E-state index contributed by atoms with van der Waals surface area (Å²) >= 11 is 7.96. The summed E-state index contributed by atoms with van der Waals surface area (Å²) in [5, 5.41) is 9.46. The zero-order valence-corrected chi connectivity index (χ0v) is 16.4. The maximum absolute atomic E-state index is 12.7. The van der Waals surface area contributed by atoms with Crippen molar-refractivity contribution in [1.29, 1.82) is 0 Å². The Hall–Kier alpha value is -1.57. The van der Waals surface area contributed by atoms with Gasteiger partial charge in [0.2, 0.25) is 0 Å². The van der Waals surface area contributed by atoms with E-state index < -0.39 is 12.0 Å². The van der Waals surface area contributed by atoms with Gasteiger partial charge in [-0.15, -0.1) is 0 Å². The Morgan fingerprint density at radius 1 is 1.40 bits per heavy atom. The number of carbonyl (C=O) groups is 2. The minimum atomic E-state index is -1.02. The van der Waals surface area contributed by atoms with E-state index in [1.165, 1.54) is 4.90 Å². The highest BCUT2D eigenvalue weighted by molar-refractivity contribution is 8.26. The third-order valence-corrected chi connectivity index (χ3v) is 5.54. The fourth-order valence-electron chi connectivity index (χ4n) is 2.40. The molecule has 0 aliphatic carbocycles. The molecule has 132 valence electrons. The molecule has 1 heterocycles. The number of thioether (sulfide) groups is 2. The summed E-state index contributed by atoms with van der Waals surface area (Å²) in [7, 11) is 0. The summed E-state index contributed by atoms with van der Waals surface area (Å²) in [6.07, 6.45) is 6.00. The van der Waals surface area contributed by atoms with Gasteiger partial charge in [0, 0.05) is 0 Å². The van der Waals surface area contributed by atoms with Gasteiger partial charge in [0.15, 0.2) is 0 Å². The SMILES string of the molecule is CSCC[C@@H](C(=O)O)N1C(=O)/C(=C/C(C)=C\c2ccccc2)SC1=S. The first kappa shape index (κ1) is 19.8. The molecule has 0 saturated carbocycles. The number of thiocarbonyl (C=S) groups is 1. The smallest absolute Gasteiger partial charge is 0.326 e. The lowest BCUT2D eigenvalue weighted by Crippen LogP contribution is -2.44. The van der Waals surface area contributed by atoms with Gasteiger partial charge in [-0.2, -0.15) is 11.8 Å². The van der Waals surface area contributed by atoms with Crippen LogP contribution in [0.4, 0.5) is 0 Å². The van der Waals surface area contributed by atoms with Gasteiger partial charge in [-0.05, 0) is 42.6 Å². The number of allylic oxidation sites excluding steroid dienone is 2. The highest BCUT2D eigenvalue weighted by atomic mass is 32.2. The fraction of sp³-hybridized carbons (Fsp3) is 0.278. The Morgan fingerprint density at radius 3 is 2.68 bits per heavy atom. The lowest BCUT2D eigenvalue weighted by Gasteiger charge is -2.22. The first-order valence-electron chi connectivity index (χ1n) is 7.66. The molecule has 1 fully saturated rings. The minimum Gasteiger partial charge on any atom is -0.480 e. The van der Waals surface area contributed by atoms with Crippen LogP contribution in [0, 0.1) is 0 Å². The number of nitrogens with zero attached hydrogens (tertiary/aromatic N) is 1. The number of hydrogen-bond donors (Lipinski definition) is 1. The monoisotopic (exact) mass is 393 g/mol. The Bertz CT molecular complexity index is 728. The molecule has 1 aliphatic heterocycles. The minimum absolute atomic E-state index is 0.303. The summed E-state index contributed by atoms with van der Waals surface area (Å²) in [4.78, 5) is 25.9. The number of aliphatic carboxylic acids is 1. The van der Waals surface area contributed by atoms with E-state index in [9.17, 15) is 14.7 Å². The summed E-state index contributed by atoms with van der Waals surface area (Å²) in [6, 6.07) is 8.88. The molecule has 1 N–H and O–H groups in total. The van der Waals surface area contributed by atoms with Gasteiger partial charge < -0.3 is 5.11 Å². The fourth-order valence-corrected chi connectivity index (χ4v) is 4.27. The number of rotatable bonds is 7. The van der Waals surface area contributed by atoms with E-state index in [-0.39, 0.29) is 5.91 Å². The zero-order valence-electron chi connectivity index (χ0n) is 14.0. The molecule has 1 amide bonds. The maximum atomic E-state index is 12.7. The predicted octanol–water partition coefficient (Wildman–Crippen LogP) is 4.04. The molecule has 1 aromatic rings. The highest BCUT2D eigenvalue weighted by Crippen LogP contribution is 2.34. The van der Waals surface area contributed by atoms with Crippen molar-refractivity contribution < 1.29 is 14.7 Å². The van der Waals surface area contributed by atoms with Crippen LogP contribution in [-0.2, 0) is 9.59 Å². The molecule has 1 aromatic carbocycles. The Morgan fingerprint density at radius 2 is 2.08 bits per heavy atom. The van der Waals surface area contributed by atoms with Gasteiger partial charge in [0.05, 0.1) is 4.91 Å². The molecular formula is C18H19NO3S3. The molecule has 0 aromatic heterocycles. The molecular weight excluding hydrogens is 374 g/mol. The van der Waals surface area contributed by atoms with E-state index in [4.69, 9.17) is 12.2 Å². The third-order valence-electron chi connectivity index (χ3n) is 3.57. The second kappa shape index (κ2) is 9.22. The van der Waals surface area contributed by atoms with Gasteiger partial charge in [0.25, 0.3) is 5.91 Å². The van der Waals surface area contributed by atoms with E-state index in [1.54, 1.807) is 17.8 Å². The van der Waals surface area contributed by atoms with Gasteiger partial charge in [-0.25, -0.2) is 4.79 Å². The van der Waals surface area contributed by atoms with E-state index >= 15 is 0 Å². The average molecular weight is 394 g/mol. The molecule has 2 rings (SSSR count). The first-order chi connectivity index (χ1) is 11.9. The summed E-state index contributed by atoms with van der Waals surface area (Å²) in [5.41, 5.74) is 1.94. The van der Waals surface area contributed by atoms with Crippen molar-refractivity contribution in [2.24, 2.45) is 0 Å². The van der Waals surface area contributed by atoms with Crippen molar-refractivity contribution >= 4 is 58.0 Å². The highest BCUT2D eigenvalue weighted by Gasteiger charge is 2.40. The van der Waals surface area contributed by atoms with Gasteiger partial charge in [-0.3, -0.25) is 9.69 Å². The number of carboxylic acids is 1. The number of benzene rings is 1. The molecule has 7 heteroatoms. The standard InChI is InChI=1S/C18H19NO3S3/c1-12(10-13-6-4-3-5-7-13)11-15-16(20)19(18(23)25-15)14(17(21)22)8-9-24-2/h3-7,10-11,14H,8-9H2,1-2H3,(H,21,22)/b12-10-,15-11-/t14-/m0/s1. The van der Waals surface area contributed by atoms with Crippen LogP contribution in [0.2, 0.25) is 0 Å². The Balaban J connectivity index is 2.22. The topological polar surface area (TPSA) is 57.6 Å². The molecule has 0 spiro atoms. The molecule has 1 aliphatic rings. The Labute approximate surface area is 161 Å². The van der Waals surface area contributed by atoms with Crippen LogP contribution in [0.1, 0.15) is 18.9 Å². The largest absolute Gasteiger partial charge is 0.480 e. The quantitative estimate of drug-likeness (QED) is 0.557. The normalized spacial score (nSPS) is 18.1. The van der Waals surface area contributed by atoms with E-state index in [1.807, 2.05) is 49.6 Å². The van der Waals surface area contributed by atoms with Crippen LogP contribution >= 0.6 is 35.7 Å². The van der Waals surface area contributed by atoms with E-state index in [0.717, 1.165) is 22.9 Å². The van der Waals surface area contributed by atoms with Gasteiger partial charge >= 0.3 is 5.97 Å². The molecule has 0 bridgehead atoms. The second-order valence-corrected chi connectivity index (χ2v) is 8.15. The summed E-state index contributed by atoms with van der Waals surface area (Å²) in [6.45, 7) is 1.90. The molecule has 1 atom stereocenters. The van der Waals surface area contributed by atoms with Crippen LogP contribution < -0.4 is 0 Å². The van der Waals surface area contributed by atoms with E-state index in [0.29, 0.717) is 21.4 Å². The van der Waals surface area contributed by atoms with Crippen LogP contribution in [-0.4, -0.2) is 44.3 Å². The first-order valence-corrected chi connectivity index (χ1v) is 10.3. The second-order valence-electron chi connectivity index (χ2n) is 5.49. The summed E-state index contributed by atoms with van der Waals surface area (Å²) in [5.74, 6) is -0.701. The zero-order chi connectivity index (χ0) is 18.4. The maximum Gasteiger partial charge on any atom is 0.326 e. The Kier molecular flexibility index (Phi) is 7.28. The lowest BCUT2D eigenvalue weighted by atomic mass is 10.1. The molecule has 25 heavy (non-hydrogen) atoms. The van der Waals surface area contributed by atoms with E-state index in [2.05, 4.69) is 0 Å². The van der Waals surface area contributed by atoms with Gasteiger partial charge in [0.1, 0.15) is 10.4 Å². The van der Waals surface area contributed by atoms with Gasteiger partial charge in [-0.1, -0.05) is 60.4 Å². The van der Waals surface area contributed by atoms with Crippen LogP contribution in [0.5, 0.6) is 0 Å². The number of hydrogen-bond acceptors (Lipinski definition) is 5. The molecule has 0 unspecified atom stereocenters. The van der Waals surface area contributed by atoms with Crippen LogP contribution in [0.25, 0.3) is 6.08 Å². The number of amides is 1. The van der Waals surface area contributed by atoms with Crippen molar-refractivity contribution in [2.45, 2.75) is 19.4 Å². The predicted molar refractivity (Wildman–Crippen MR) is 110 cm³/mol. The number of carboxylic acid groups (broad SMARTS) is 1. The average Bonchev–Trinajstić information content (AvgIpc) is 2.83. The van der Waals surface area contributed by atoms with Crippen molar-refractivity contribution in [3.8, 4) is 0 Å². The third kappa shape index (κ3) is 5.20. The van der Waals surface area contributed by atoms with Crippen molar-refractivity contribution in [3.05, 3.63) is 52.4 Å².